The zero-order valence-electron chi connectivity index (χ0n) is 17.7. The summed E-state index contributed by atoms with van der Waals surface area (Å²) in [5.41, 5.74) is 1.41. The van der Waals surface area contributed by atoms with Gasteiger partial charge in [0.05, 0.1) is 19.2 Å². The molecule has 0 unspecified atom stereocenters. The Kier molecular flexibility index (Phi) is 7.50. The molecular formula is C22H32N4O2S. The lowest BCUT2D eigenvalue weighted by atomic mass is 9.96. The Hall–Kier alpha value is -2.12. The van der Waals surface area contributed by atoms with Gasteiger partial charge in [-0.25, -0.2) is 0 Å². The van der Waals surface area contributed by atoms with Gasteiger partial charge in [-0.05, 0) is 62.7 Å². The van der Waals surface area contributed by atoms with Crippen molar-refractivity contribution in [3.8, 4) is 5.75 Å². The molecule has 1 fully saturated rings. The van der Waals surface area contributed by atoms with E-state index in [-0.39, 0.29) is 5.56 Å². The molecule has 158 valence electrons. The summed E-state index contributed by atoms with van der Waals surface area (Å²) in [5.74, 6) is 0.728. The number of hydrogen-bond donors (Lipinski definition) is 2. The van der Waals surface area contributed by atoms with E-state index in [2.05, 4.69) is 20.1 Å². The Morgan fingerprint density at radius 2 is 1.97 bits per heavy atom. The van der Waals surface area contributed by atoms with Gasteiger partial charge in [-0.1, -0.05) is 19.3 Å². The molecule has 0 bridgehead atoms. The van der Waals surface area contributed by atoms with Gasteiger partial charge in [0.2, 0.25) is 0 Å². The largest absolute Gasteiger partial charge is 0.497 e. The second-order valence-corrected chi connectivity index (χ2v) is 8.47. The average molecular weight is 417 g/mol. The van der Waals surface area contributed by atoms with E-state index in [0.29, 0.717) is 18.2 Å². The number of thiocarbonyl (C=S) groups is 1. The number of benzene rings is 1. The molecule has 3 rings (SSSR count). The van der Waals surface area contributed by atoms with Crippen LogP contribution < -0.4 is 15.6 Å². The Balaban J connectivity index is 1.79. The minimum absolute atomic E-state index is 0.0823. The number of nitrogens with one attached hydrogen (secondary N) is 2. The standard InChI is InChI=1S/C22H32N4O2S/c1-25(2)11-12-26(22(29)23-18-7-5-4-6-8-18)15-17-13-16-9-10-19(28-3)14-20(16)24-21(17)27/h9-10,13-14,18H,4-8,11-12,15H2,1-3H3,(H,23,29)(H,24,27). The smallest absolute Gasteiger partial charge is 0.253 e. The van der Waals surface area contributed by atoms with Crippen LogP contribution in [-0.4, -0.2) is 60.2 Å². The fraction of sp³-hybridized carbons (Fsp3) is 0.545. The van der Waals surface area contributed by atoms with Gasteiger partial charge < -0.3 is 24.8 Å². The number of pyridine rings is 1. The predicted molar refractivity (Wildman–Crippen MR) is 123 cm³/mol. The molecule has 0 spiro atoms. The van der Waals surface area contributed by atoms with E-state index in [1.807, 2.05) is 38.4 Å². The number of aromatic nitrogens is 1. The van der Waals surface area contributed by atoms with Crippen molar-refractivity contribution in [3.05, 3.63) is 40.2 Å². The van der Waals surface area contributed by atoms with Crippen molar-refractivity contribution in [2.45, 2.75) is 44.7 Å². The summed E-state index contributed by atoms with van der Waals surface area (Å²) in [6, 6.07) is 8.12. The summed E-state index contributed by atoms with van der Waals surface area (Å²) in [5, 5.41) is 5.27. The van der Waals surface area contributed by atoms with E-state index in [0.717, 1.165) is 34.9 Å². The third-order valence-electron chi connectivity index (χ3n) is 5.53. The highest BCUT2D eigenvalue weighted by Gasteiger charge is 2.19. The van der Waals surface area contributed by atoms with Crippen LogP contribution in [0, 0.1) is 0 Å². The minimum atomic E-state index is -0.0823. The van der Waals surface area contributed by atoms with Crippen LogP contribution in [0.5, 0.6) is 5.75 Å². The lowest BCUT2D eigenvalue weighted by molar-refractivity contribution is 0.314. The molecule has 29 heavy (non-hydrogen) atoms. The molecule has 2 N–H and O–H groups in total. The Bertz CT molecular complexity index is 890. The first-order valence-electron chi connectivity index (χ1n) is 10.4. The fourth-order valence-electron chi connectivity index (χ4n) is 3.76. The number of rotatable bonds is 7. The van der Waals surface area contributed by atoms with Crippen molar-refractivity contribution >= 4 is 28.2 Å². The van der Waals surface area contributed by atoms with Crippen molar-refractivity contribution < 1.29 is 4.74 Å². The van der Waals surface area contributed by atoms with E-state index < -0.39 is 0 Å². The molecule has 1 aromatic carbocycles. The van der Waals surface area contributed by atoms with Crippen LogP contribution in [0.15, 0.2) is 29.1 Å². The van der Waals surface area contributed by atoms with E-state index >= 15 is 0 Å². The molecule has 2 aromatic rings. The van der Waals surface area contributed by atoms with Crippen molar-refractivity contribution in [2.75, 3.05) is 34.3 Å². The van der Waals surface area contributed by atoms with Crippen LogP contribution >= 0.6 is 12.2 Å². The predicted octanol–water partition coefficient (Wildman–Crippen LogP) is 3.11. The van der Waals surface area contributed by atoms with Crippen molar-refractivity contribution in [3.63, 3.8) is 0 Å². The molecule has 1 aliphatic rings. The van der Waals surface area contributed by atoms with Gasteiger partial charge in [0.1, 0.15) is 5.75 Å². The summed E-state index contributed by atoms with van der Waals surface area (Å²) in [7, 11) is 5.72. The average Bonchev–Trinajstić information content (AvgIpc) is 2.71. The number of hydrogen-bond acceptors (Lipinski definition) is 4. The first-order chi connectivity index (χ1) is 14.0. The normalized spacial score (nSPS) is 14.9. The van der Waals surface area contributed by atoms with Crippen LogP contribution in [0.4, 0.5) is 0 Å². The summed E-state index contributed by atoms with van der Waals surface area (Å²) in [6.07, 6.45) is 6.16. The maximum Gasteiger partial charge on any atom is 0.253 e. The fourth-order valence-corrected chi connectivity index (χ4v) is 4.08. The molecule has 6 nitrogen and oxygen atoms in total. The Morgan fingerprint density at radius 3 is 2.66 bits per heavy atom. The van der Waals surface area contributed by atoms with Gasteiger partial charge in [-0.3, -0.25) is 4.79 Å². The van der Waals surface area contributed by atoms with Gasteiger partial charge in [-0.2, -0.15) is 0 Å². The van der Waals surface area contributed by atoms with Crippen LogP contribution in [0.3, 0.4) is 0 Å². The second kappa shape index (κ2) is 10.1. The van der Waals surface area contributed by atoms with Crippen LogP contribution in [-0.2, 0) is 6.54 Å². The summed E-state index contributed by atoms with van der Waals surface area (Å²) in [4.78, 5) is 20.0. The zero-order chi connectivity index (χ0) is 20.8. The maximum absolute atomic E-state index is 12.7. The highest BCUT2D eigenvalue weighted by atomic mass is 32.1. The van der Waals surface area contributed by atoms with Crippen LogP contribution in [0.25, 0.3) is 10.9 Å². The Morgan fingerprint density at radius 1 is 1.21 bits per heavy atom. The number of nitrogens with zero attached hydrogens (tertiary/aromatic N) is 2. The molecule has 1 aliphatic carbocycles. The highest BCUT2D eigenvalue weighted by Crippen LogP contribution is 2.20. The first-order valence-corrected chi connectivity index (χ1v) is 10.8. The summed E-state index contributed by atoms with van der Waals surface area (Å²) >= 11 is 5.75. The van der Waals surface area contributed by atoms with Gasteiger partial charge >= 0.3 is 0 Å². The second-order valence-electron chi connectivity index (χ2n) is 8.09. The molecule has 1 heterocycles. The number of H-pyrrole nitrogens is 1. The van der Waals surface area contributed by atoms with Crippen molar-refractivity contribution in [1.29, 1.82) is 0 Å². The SMILES string of the molecule is COc1ccc2cc(CN(CCN(C)C)C(=S)NC3CCCCC3)c(=O)[nH]c2c1. The molecule has 0 aliphatic heterocycles. The van der Waals surface area contributed by atoms with Crippen LogP contribution in [0.2, 0.25) is 0 Å². The number of aromatic amines is 1. The van der Waals surface area contributed by atoms with E-state index in [4.69, 9.17) is 17.0 Å². The molecule has 1 saturated carbocycles. The van der Waals surface area contributed by atoms with E-state index in [1.54, 1.807) is 7.11 Å². The van der Waals surface area contributed by atoms with Crippen LogP contribution in [0.1, 0.15) is 37.7 Å². The Labute approximate surface area is 178 Å². The van der Waals surface area contributed by atoms with E-state index in [1.165, 1.54) is 32.1 Å². The van der Waals surface area contributed by atoms with Crippen molar-refractivity contribution in [1.82, 2.24) is 20.1 Å². The van der Waals surface area contributed by atoms with Crippen molar-refractivity contribution in [2.24, 2.45) is 0 Å². The van der Waals surface area contributed by atoms with Gasteiger partial charge in [0.15, 0.2) is 5.11 Å². The van der Waals surface area contributed by atoms with Gasteiger partial charge in [0.25, 0.3) is 5.56 Å². The number of ether oxygens (including phenoxy) is 1. The first kappa shape index (κ1) is 21.6. The van der Waals surface area contributed by atoms with Gasteiger partial charge in [0, 0.05) is 30.8 Å². The highest BCUT2D eigenvalue weighted by molar-refractivity contribution is 7.80. The molecule has 0 radical (unpaired) electrons. The molecule has 0 saturated heterocycles. The topological polar surface area (TPSA) is 60.6 Å². The minimum Gasteiger partial charge on any atom is -0.497 e. The summed E-state index contributed by atoms with van der Waals surface area (Å²) < 4.78 is 5.25. The molecular weight excluding hydrogens is 384 g/mol. The third-order valence-corrected chi connectivity index (χ3v) is 5.90. The summed E-state index contributed by atoms with van der Waals surface area (Å²) in [6.45, 7) is 2.13. The molecule has 1 aromatic heterocycles. The third kappa shape index (κ3) is 5.93. The zero-order valence-corrected chi connectivity index (χ0v) is 18.5. The lowest BCUT2D eigenvalue weighted by Crippen LogP contribution is -2.47. The molecule has 7 heteroatoms. The number of likely N-dealkylation sites (N-methyl/N-ethyl adjacent to an activating group) is 1. The maximum atomic E-state index is 12.7. The monoisotopic (exact) mass is 416 g/mol. The van der Waals surface area contributed by atoms with Gasteiger partial charge in [-0.15, -0.1) is 0 Å². The number of fused-ring (bicyclic) bond motifs is 1. The lowest BCUT2D eigenvalue weighted by Gasteiger charge is -2.31. The molecule has 0 amide bonds. The quantitative estimate of drug-likeness (QED) is 0.677. The molecule has 0 atom stereocenters. The van der Waals surface area contributed by atoms with E-state index in [9.17, 15) is 4.79 Å². The number of methoxy groups -OCH3 is 1.